The lowest BCUT2D eigenvalue weighted by atomic mass is 10.3. The molecule has 0 saturated heterocycles. The fraction of sp³-hybridized carbons (Fsp3) is 0.167. The number of urea groups is 1. The van der Waals surface area contributed by atoms with Crippen molar-refractivity contribution in [2.24, 2.45) is 0 Å². The molecule has 1 aromatic heterocycles. The highest BCUT2D eigenvalue weighted by atomic mass is 32.2. The Balaban J connectivity index is 2.23. The molecule has 2 N–H and O–H groups in total. The van der Waals surface area contributed by atoms with Crippen molar-refractivity contribution in [3.8, 4) is 6.01 Å². The van der Waals surface area contributed by atoms with Gasteiger partial charge in [-0.2, -0.15) is 15.0 Å². The number of benzene rings is 1. The van der Waals surface area contributed by atoms with Gasteiger partial charge >= 0.3 is 12.0 Å². The van der Waals surface area contributed by atoms with E-state index in [1.807, 2.05) is 0 Å². The first-order valence-electron chi connectivity index (χ1n) is 6.57. The summed E-state index contributed by atoms with van der Waals surface area (Å²) in [7, 11) is -3.18. The van der Waals surface area contributed by atoms with E-state index in [2.05, 4.69) is 20.3 Å². The second kappa shape index (κ2) is 7.04. The number of carbonyl (C=O) groups excluding carboxylic acids is 1. The van der Waals surface area contributed by atoms with Crippen LogP contribution in [0.5, 0.6) is 6.01 Å². The zero-order valence-electron chi connectivity index (χ0n) is 13.0. The second-order valence-corrected chi connectivity index (χ2v) is 6.13. The van der Waals surface area contributed by atoms with Crippen LogP contribution in [-0.2, 0) is 10.0 Å². The molecule has 13 heteroatoms. The van der Waals surface area contributed by atoms with Gasteiger partial charge in [0, 0.05) is 6.07 Å². The van der Waals surface area contributed by atoms with Crippen molar-refractivity contribution in [2.45, 2.75) is 11.8 Å². The van der Waals surface area contributed by atoms with E-state index in [0.717, 1.165) is 12.1 Å². The minimum absolute atomic E-state index is 0.0793. The number of rotatable bonds is 5. The number of ether oxygens (including phenoxy) is 1. The van der Waals surface area contributed by atoms with Crippen molar-refractivity contribution in [2.75, 3.05) is 12.4 Å². The monoisotopic (exact) mass is 368 g/mol. The first kappa shape index (κ1) is 18.0. The number of carbonyl (C=O) groups is 1. The van der Waals surface area contributed by atoms with Crippen LogP contribution in [0, 0.1) is 17.0 Å². The van der Waals surface area contributed by atoms with Crippen LogP contribution in [0.1, 0.15) is 5.82 Å². The number of sulfonamides is 1. The lowest BCUT2D eigenvalue weighted by Gasteiger charge is -2.08. The number of para-hydroxylation sites is 1. The molecule has 0 saturated carbocycles. The quantitative estimate of drug-likeness (QED) is 0.567. The summed E-state index contributed by atoms with van der Waals surface area (Å²) in [5.74, 6) is -0.0247. The Morgan fingerprint density at radius 3 is 2.56 bits per heavy atom. The van der Waals surface area contributed by atoms with E-state index in [0.29, 0.717) is 0 Å². The molecule has 0 fully saturated rings. The van der Waals surface area contributed by atoms with E-state index in [1.54, 1.807) is 4.72 Å². The van der Waals surface area contributed by atoms with Gasteiger partial charge in [0.15, 0.2) is 4.90 Å². The van der Waals surface area contributed by atoms with E-state index in [-0.39, 0.29) is 17.8 Å². The molecule has 0 unspecified atom stereocenters. The molecule has 0 aliphatic carbocycles. The van der Waals surface area contributed by atoms with Gasteiger partial charge < -0.3 is 4.74 Å². The number of nitrogens with zero attached hydrogens (tertiary/aromatic N) is 4. The number of methoxy groups -OCH3 is 1. The summed E-state index contributed by atoms with van der Waals surface area (Å²) >= 11 is 0. The highest BCUT2D eigenvalue weighted by molar-refractivity contribution is 7.90. The van der Waals surface area contributed by atoms with Crippen LogP contribution in [0.25, 0.3) is 0 Å². The Morgan fingerprint density at radius 1 is 1.24 bits per heavy atom. The Kier molecular flexibility index (Phi) is 5.07. The molecular formula is C12H12N6O6S. The molecule has 0 spiro atoms. The molecular weight excluding hydrogens is 356 g/mol. The molecule has 1 heterocycles. The van der Waals surface area contributed by atoms with Crippen LogP contribution in [0.15, 0.2) is 29.2 Å². The fourth-order valence-electron chi connectivity index (χ4n) is 1.74. The maximum absolute atomic E-state index is 12.2. The van der Waals surface area contributed by atoms with Gasteiger partial charge in [-0.05, 0) is 13.0 Å². The maximum Gasteiger partial charge on any atom is 0.335 e. The van der Waals surface area contributed by atoms with Gasteiger partial charge in [0.2, 0.25) is 5.95 Å². The molecule has 1 aromatic carbocycles. The number of aromatic nitrogens is 3. The van der Waals surface area contributed by atoms with Crippen LogP contribution in [-0.4, -0.2) is 41.4 Å². The third kappa shape index (κ3) is 4.35. The molecule has 25 heavy (non-hydrogen) atoms. The van der Waals surface area contributed by atoms with Crippen molar-refractivity contribution < 1.29 is 22.9 Å². The highest BCUT2D eigenvalue weighted by Gasteiger charge is 2.27. The van der Waals surface area contributed by atoms with Crippen molar-refractivity contribution in [3.05, 3.63) is 40.2 Å². The molecule has 2 amide bonds. The number of aryl methyl sites for hydroxylation is 1. The third-order valence-electron chi connectivity index (χ3n) is 2.71. The Bertz CT molecular complexity index is 931. The van der Waals surface area contributed by atoms with Gasteiger partial charge in [0.05, 0.1) is 12.0 Å². The van der Waals surface area contributed by atoms with Crippen molar-refractivity contribution in [3.63, 3.8) is 0 Å². The first-order valence-corrected chi connectivity index (χ1v) is 8.05. The summed E-state index contributed by atoms with van der Waals surface area (Å²) in [5, 5.41) is 13.0. The Morgan fingerprint density at radius 2 is 1.92 bits per heavy atom. The van der Waals surface area contributed by atoms with Crippen molar-refractivity contribution >= 4 is 27.7 Å². The van der Waals surface area contributed by atoms with Crippen LogP contribution in [0.3, 0.4) is 0 Å². The average molecular weight is 368 g/mol. The van der Waals surface area contributed by atoms with Crippen molar-refractivity contribution in [1.29, 1.82) is 0 Å². The van der Waals surface area contributed by atoms with Crippen LogP contribution >= 0.6 is 0 Å². The fourth-order valence-corrected chi connectivity index (χ4v) is 2.82. The first-order chi connectivity index (χ1) is 11.7. The molecule has 0 bridgehead atoms. The minimum Gasteiger partial charge on any atom is -0.467 e. The number of hydrogen-bond acceptors (Lipinski definition) is 9. The molecule has 0 aliphatic heterocycles. The summed E-state index contributed by atoms with van der Waals surface area (Å²) in [6, 6.07) is 3.32. The molecule has 2 aromatic rings. The lowest BCUT2D eigenvalue weighted by molar-refractivity contribution is -0.387. The predicted molar refractivity (Wildman–Crippen MR) is 83.6 cm³/mol. The van der Waals surface area contributed by atoms with Gasteiger partial charge in [0.25, 0.3) is 15.7 Å². The van der Waals surface area contributed by atoms with Gasteiger partial charge in [-0.1, -0.05) is 12.1 Å². The summed E-state index contributed by atoms with van der Waals surface area (Å²) in [6.45, 7) is 1.51. The standard InChI is InChI=1S/C12H12N6O6S/c1-7-13-10(16-12(14-7)24-2)15-11(19)17-25(22,23)9-6-4-3-5-8(9)18(20)21/h3-6H,1-2H3,(H2,13,14,15,16,17,19). The SMILES string of the molecule is COc1nc(C)nc(NC(=O)NS(=O)(=O)c2ccccc2[N+](=O)[O-])n1. The molecule has 12 nitrogen and oxygen atoms in total. The van der Waals surface area contributed by atoms with E-state index in [1.165, 1.54) is 26.2 Å². The van der Waals surface area contributed by atoms with Crippen LogP contribution < -0.4 is 14.8 Å². The van der Waals surface area contributed by atoms with E-state index in [9.17, 15) is 23.3 Å². The summed E-state index contributed by atoms with van der Waals surface area (Å²) < 4.78 is 30.8. The number of anilines is 1. The van der Waals surface area contributed by atoms with Crippen LogP contribution in [0.2, 0.25) is 0 Å². The topological polar surface area (TPSA) is 166 Å². The van der Waals surface area contributed by atoms with Gasteiger partial charge in [-0.15, -0.1) is 0 Å². The largest absolute Gasteiger partial charge is 0.467 e. The molecule has 0 radical (unpaired) electrons. The molecule has 2 rings (SSSR count). The smallest absolute Gasteiger partial charge is 0.335 e. The van der Waals surface area contributed by atoms with Crippen LogP contribution in [0.4, 0.5) is 16.4 Å². The Hall–Kier alpha value is -3.35. The second-order valence-electron chi connectivity index (χ2n) is 4.48. The average Bonchev–Trinajstić information content (AvgIpc) is 2.53. The number of nitrogens with one attached hydrogen (secondary N) is 2. The predicted octanol–water partition coefficient (Wildman–Crippen LogP) is 0.607. The summed E-state index contributed by atoms with van der Waals surface area (Å²) in [4.78, 5) is 32.6. The van der Waals surface area contributed by atoms with E-state index in [4.69, 9.17) is 4.74 Å². The minimum atomic E-state index is -4.49. The third-order valence-corrected chi connectivity index (χ3v) is 4.09. The number of nitro benzene ring substituents is 1. The molecule has 0 aliphatic rings. The normalized spacial score (nSPS) is 10.8. The van der Waals surface area contributed by atoms with Gasteiger partial charge in [-0.3, -0.25) is 15.4 Å². The number of nitro groups is 1. The maximum atomic E-state index is 12.2. The zero-order valence-corrected chi connectivity index (χ0v) is 13.8. The molecule has 0 atom stereocenters. The highest BCUT2D eigenvalue weighted by Crippen LogP contribution is 2.22. The summed E-state index contributed by atoms with van der Waals surface area (Å²) in [5.41, 5.74) is -0.666. The van der Waals surface area contributed by atoms with E-state index < -0.39 is 31.6 Å². The lowest BCUT2D eigenvalue weighted by Crippen LogP contribution is -2.35. The summed E-state index contributed by atoms with van der Waals surface area (Å²) in [6.07, 6.45) is 0. The molecule has 132 valence electrons. The number of amides is 2. The zero-order chi connectivity index (χ0) is 18.6. The van der Waals surface area contributed by atoms with Gasteiger partial charge in [0.1, 0.15) is 5.82 Å². The van der Waals surface area contributed by atoms with E-state index >= 15 is 0 Å². The Labute approximate surface area is 141 Å². The van der Waals surface area contributed by atoms with Gasteiger partial charge in [-0.25, -0.2) is 17.9 Å². The number of hydrogen-bond donors (Lipinski definition) is 2. The van der Waals surface area contributed by atoms with Crippen molar-refractivity contribution in [1.82, 2.24) is 19.7 Å².